The van der Waals surface area contributed by atoms with Crippen molar-refractivity contribution in [1.29, 1.82) is 0 Å². The van der Waals surface area contributed by atoms with E-state index in [9.17, 15) is 4.79 Å². The maximum atomic E-state index is 12.0. The highest BCUT2D eigenvalue weighted by atomic mass is 16.1. The Morgan fingerprint density at radius 1 is 1.53 bits per heavy atom. The van der Waals surface area contributed by atoms with Crippen LogP contribution in [0.1, 0.15) is 43.0 Å². The van der Waals surface area contributed by atoms with Gasteiger partial charge in [0.15, 0.2) is 0 Å². The number of nitrogens with two attached hydrogens (primary N) is 1. The van der Waals surface area contributed by atoms with Gasteiger partial charge in [0.2, 0.25) is 0 Å². The number of aromatic nitrogens is 1. The normalized spacial score (nSPS) is 24.3. The fourth-order valence-corrected chi connectivity index (χ4v) is 2.42. The van der Waals surface area contributed by atoms with Crippen molar-refractivity contribution in [2.45, 2.75) is 38.6 Å². The summed E-state index contributed by atoms with van der Waals surface area (Å²) in [6.07, 6.45) is 7.70. The van der Waals surface area contributed by atoms with Gasteiger partial charge in [-0.3, -0.25) is 9.78 Å². The summed E-state index contributed by atoms with van der Waals surface area (Å²) < 4.78 is 0. The molecule has 4 heteroatoms. The van der Waals surface area contributed by atoms with Gasteiger partial charge >= 0.3 is 0 Å². The Balaban J connectivity index is 1.99. The fraction of sp³-hybridized carbons (Fsp3) is 0.538. The lowest BCUT2D eigenvalue weighted by Crippen LogP contribution is -2.38. The number of carbonyl (C=O) groups excluding carboxylic acids is 1. The van der Waals surface area contributed by atoms with Crippen molar-refractivity contribution < 1.29 is 4.79 Å². The summed E-state index contributed by atoms with van der Waals surface area (Å²) in [4.78, 5) is 15.9. The van der Waals surface area contributed by atoms with Crippen LogP contribution in [0.5, 0.6) is 0 Å². The van der Waals surface area contributed by atoms with Gasteiger partial charge in [0.05, 0.1) is 5.56 Å². The van der Waals surface area contributed by atoms with E-state index >= 15 is 0 Å². The molecular formula is C13H19N3O. The molecule has 1 amide bonds. The summed E-state index contributed by atoms with van der Waals surface area (Å²) in [5.41, 5.74) is 6.72. The van der Waals surface area contributed by atoms with Crippen LogP contribution >= 0.6 is 0 Å². The third-order valence-electron chi connectivity index (χ3n) is 3.37. The van der Waals surface area contributed by atoms with E-state index in [0.717, 1.165) is 12.8 Å². The number of nitrogens with zero attached hydrogens (tertiary/aromatic N) is 1. The topological polar surface area (TPSA) is 68.0 Å². The Morgan fingerprint density at radius 3 is 3.06 bits per heavy atom. The summed E-state index contributed by atoms with van der Waals surface area (Å²) in [7, 11) is 0. The molecule has 17 heavy (non-hydrogen) atoms. The van der Waals surface area contributed by atoms with Crippen molar-refractivity contribution >= 4 is 11.6 Å². The van der Waals surface area contributed by atoms with E-state index in [1.165, 1.54) is 19.0 Å². The predicted molar refractivity (Wildman–Crippen MR) is 67.5 cm³/mol. The summed E-state index contributed by atoms with van der Waals surface area (Å²) in [6, 6.07) is 1.93. The molecule has 0 bridgehead atoms. The zero-order valence-corrected chi connectivity index (χ0v) is 10.1. The van der Waals surface area contributed by atoms with Crippen LogP contribution in [0, 0.1) is 5.92 Å². The smallest absolute Gasteiger partial charge is 0.255 e. The molecule has 1 fully saturated rings. The summed E-state index contributed by atoms with van der Waals surface area (Å²) >= 11 is 0. The van der Waals surface area contributed by atoms with Gasteiger partial charge in [0.25, 0.3) is 5.91 Å². The molecule has 2 rings (SSSR count). The van der Waals surface area contributed by atoms with Crippen molar-refractivity contribution in [1.82, 2.24) is 10.3 Å². The zero-order valence-electron chi connectivity index (χ0n) is 10.1. The maximum absolute atomic E-state index is 12.0. The zero-order chi connectivity index (χ0) is 12.3. The standard InChI is InChI=1S/C13H19N3O/c1-9-3-2-4-10(7-9)16-13(17)11-8-15-6-5-12(11)14/h5-6,8-10H,2-4,7H2,1H3,(H2,14,15)(H,16,17). The van der Waals surface area contributed by atoms with E-state index in [0.29, 0.717) is 17.2 Å². The van der Waals surface area contributed by atoms with E-state index in [2.05, 4.69) is 17.2 Å². The Kier molecular flexibility index (Phi) is 3.61. The van der Waals surface area contributed by atoms with Crippen LogP contribution < -0.4 is 11.1 Å². The highest BCUT2D eigenvalue weighted by Crippen LogP contribution is 2.23. The molecule has 1 aromatic heterocycles. The van der Waals surface area contributed by atoms with E-state index < -0.39 is 0 Å². The number of pyridine rings is 1. The molecule has 1 saturated carbocycles. The van der Waals surface area contributed by atoms with E-state index in [1.807, 2.05) is 0 Å². The molecule has 3 N–H and O–H groups in total. The number of hydrogen-bond acceptors (Lipinski definition) is 3. The monoisotopic (exact) mass is 233 g/mol. The van der Waals surface area contributed by atoms with Gasteiger partial charge in [-0.1, -0.05) is 19.8 Å². The van der Waals surface area contributed by atoms with Crippen LogP contribution in [0.15, 0.2) is 18.5 Å². The minimum absolute atomic E-state index is 0.102. The first-order chi connectivity index (χ1) is 8.16. The first-order valence-electron chi connectivity index (χ1n) is 6.17. The Hall–Kier alpha value is -1.58. The van der Waals surface area contributed by atoms with Crippen LogP contribution in [0.2, 0.25) is 0 Å². The number of nitrogens with one attached hydrogen (secondary N) is 1. The van der Waals surface area contributed by atoms with Crippen molar-refractivity contribution in [2.24, 2.45) is 5.92 Å². The third-order valence-corrected chi connectivity index (χ3v) is 3.37. The number of rotatable bonds is 2. The molecule has 2 unspecified atom stereocenters. The quantitative estimate of drug-likeness (QED) is 0.820. The van der Waals surface area contributed by atoms with Gasteiger partial charge < -0.3 is 11.1 Å². The van der Waals surface area contributed by atoms with Crippen molar-refractivity contribution in [3.8, 4) is 0 Å². The second-order valence-corrected chi connectivity index (χ2v) is 4.91. The molecule has 1 aromatic rings. The molecular weight excluding hydrogens is 214 g/mol. The van der Waals surface area contributed by atoms with Crippen LogP contribution in [0.25, 0.3) is 0 Å². The van der Waals surface area contributed by atoms with Gasteiger partial charge in [-0.2, -0.15) is 0 Å². The maximum Gasteiger partial charge on any atom is 0.255 e. The minimum atomic E-state index is -0.102. The van der Waals surface area contributed by atoms with Crippen LogP contribution in [0.3, 0.4) is 0 Å². The van der Waals surface area contributed by atoms with Crippen molar-refractivity contribution in [3.63, 3.8) is 0 Å². The minimum Gasteiger partial charge on any atom is -0.398 e. The first kappa shape index (κ1) is 11.9. The van der Waals surface area contributed by atoms with Crippen LogP contribution in [-0.2, 0) is 0 Å². The highest BCUT2D eigenvalue weighted by Gasteiger charge is 2.21. The molecule has 0 aromatic carbocycles. The predicted octanol–water partition coefficient (Wildman–Crippen LogP) is 1.97. The molecule has 1 heterocycles. The fourth-order valence-electron chi connectivity index (χ4n) is 2.42. The third kappa shape index (κ3) is 2.96. The van der Waals surface area contributed by atoms with Crippen LogP contribution in [0.4, 0.5) is 5.69 Å². The average Bonchev–Trinajstić information content (AvgIpc) is 2.29. The highest BCUT2D eigenvalue weighted by molar-refractivity contribution is 5.98. The molecule has 0 saturated heterocycles. The lowest BCUT2D eigenvalue weighted by Gasteiger charge is -2.27. The first-order valence-corrected chi connectivity index (χ1v) is 6.17. The van der Waals surface area contributed by atoms with E-state index in [-0.39, 0.29) is 11.9 Å². The molecule has 0 aliphatic heterocycles. The number of nitrogen functional groups attached to an aromatic ring is 1. The SMILES string of the molecule is CC1CCCC(NC(=O)c2cnccc2N)C1. The van der Waals surface area contributed by atoms with Crippen LogP contribution in [-0.4, -0.2) is 16.9 Å². The average molecular weight is 233 g/mol. The lowest BCUT2D eigenvalue weighted by atomic mass is 9.87. The molecule has 2 atom stereocenters. The molecule has 1 aliphatic carbocycles. The Labute approximate surface area is 102 Å². The van der Waals surface area contributed by atoms with Crippen molar-refractivity contribution in [3.05, 3.63) is 24.0 Å². The second-order valence-electron chi connectivity index (χ2n) is 4.91. The van der Waals surface area contributed by atoms with E-state index in [4.69, 9.17) is 5.73 Å². The van der Waals surface area contributed by atoms with Gasteiger partial charge in [-0.15, -0.1) is 0 Å². The summed E-state index contributed by atoms with van der Waals surface area (Å²) in [6.45, 7) is 2.23. The second kappa shape index (κ2) is 5.17. The lowest BCUT2D eigenvalue weighted by molar-refractivity contribution is 0.0922. The largest absolute Gasteiger partial charge is 0.398 e. The molecule has 0 radical (unpaired) electrons. The van der Waals surface area contributed by atoms with Gasteiger partial charge in [0, 0.05) is 24.1 Å². The number of carbonyl (C=O) groups is 1. The van der Waals surface area contributed by atoms with E-state index in [1.54, 1.807) is 12.3 Å². The molecule has 0 spiro atoms. The molecule has 1 aliphatic rings. The summed E-state index contributed by atoms with van der Waals surface area (Å²) in [5.74, 6) is 0.593. The number of anilines is 1. The Bertz CT molecular complexity index is 405. The van der Waals surface area contributed by atoms with Gasteiger partial charge in [-0.25, -0.2) is 0 Å². The Morgan fingerprint density at radius 2 is 2.35 bits per heavy atom. The number of hydrogen-bond donors (Lipinski definition) is 2. The van der Waals surface area contributed by atoms with Crippen molar-refractivity contribution in [2.75, 3.05) is 5.73 Å². The van der Waals surface area contributed by atoms with Gasteiger partial charge in [0.1, 0.15) is 0 Å². The molecule has 4 nitrogen and oxygen atoms in total. The summed E-state index contributed by atoms with van der Waals surface area (Å²) in [5, 5.41) is 3.05. The molecule has 92 valence electrons. The van der Waals surface area contributed by atoms with Gasteiger partial charge in [-0.05, 0) is 24.8 Å². The number of amides is 1.